The summed E-state index contributed by atoms with van der Waals surface area (Å²) >= 11 is 0. The topological polar surface area (TPSA) is 237 Å². The number of phosphoric acid groups is 2. The summed E-state index contributed by atoms with van der Waals surface area (Å²) in [5, 5.41) is 10.6. The molecule has 17 nitrogen and oxygen atoms in total. The molecule has 0 aliphatic rings. The Morgan fingerprint density at radius 1 is 0.311 bits per heavy atom. The Kier molecular flexibility index (Phi) is 63.0. The van der Waals surface area contributed by atoms with Gasteiger partial charge in [0, 0.05) is 25.7 Å². The number of rotatable bonds is 71. The third-order valence-electron chi connectivity index (χ3n) is 16.9. The molecule has 0 amide bonds. The molecule has 0 saturated heterocycles. The third-order valence-corrected chi connectivity index (χ3v) is 18.8. The summed E-state index contributed by atoms with van der Waals surface area (Å²) in [4.78, 5) is 72.6. The van der Waals surface area contributed by atoms with Gasteiger partial charge in [0.1, 0.15) is 19.3 Å². The number of aliphatic hydroxyl groups excluding tert-OH is 1. The van der Waals surface area contributed by atoms with Crippen LogP contribution in [0.4, 0.5) is 0 Å². The zero-order valence-electron chi connectivity index (χ0n) is 58.3. The molecule has 534 valence electrons. The Hall–Kier alpha value is -1.94. The van der Waals surface area contributed by atoms with E-state index >= 15 is 0 Å². The predicted octanol–water partition coefficient (Wildman–Crippen LogP) is 20.5. The first-order valence-electron chi connectivity index (χ1n) is 37.2. The van der Waals surface area contributed by atoms with Crippen LogP contribution in [0, 0.1) is 5.92 Å². The van der Waals surface area contributed by atoms with Crippen molar-refractivity contribution in [2.75, 3.05) is 39.6 Å². The van der Waals surface area contributed by atoms with Crippen molar-refractivity contribution in [3.63, 3.8) is 0 Å². The monoisotopic (exact) mass is 1320 g/mol. The molecule has 0 saturated carbocycles. The highest BCUT2D eigenvalue weighted by molar-refractivity contribution is 7.47. The van der Waals surface area contributed by atoms with Crippen molar-refractivity contribution in [1.29, 1.82) is 0 Å². The first kappa shape index (κ1) is 88.1. The Morgan fingerprint density at radius 3 is 0.789 bits per heavy atom. The first-order chi connectivity index (χ1) is 43.6. The molecule has 0 rings (SSSR count). The van der Waals surface area contributed by atoms with Crippen molar-refractivity contribution >= 4 is 39.5 Å². The summed E-state index contributed by atoms with van der Waals surface area (Å²) in [6.07, 6.45) is 51.1. The van der Waals surface area contributed by atoms with Gasteiger partial charge in [0.25, 0.3) is 0 Å². The fourth-order valence-electron chi connectivity index (χ4n) is 10.8. The smallest absolute Gasteiger partial charge is 0.462 e. The van der Waals surface area contributed by atoms with Crippen LogP contribution < -0.4 is 0 Å². The second-order valence-electron chi connectivity index (χ2n) is 25.9. The van der Waals surface area contributed by atoms with Gasteiger partial charge in [0.05, 0.1) is 26.4 Å². The highest BCUT2D eigenvalue weighted by Crippen LogP contribution is 2.45. The molecule has 0 bridgehead atoms. The van der Waals surface area contributed by atoms with E-state index in [9.17, 15) is 43.2 Å². The molecule has 0 fully saturated rings. The van der Waals surface area contributed by atoms with Crippen LogP contribution in [0.2, 0.25) is 0 Å². The largest absolute Gasteiger partial charge is 0.472 e. The van der Waals surface area contributed by atoms with E-state index in [1.165, 1.54) is 193 Å². The van der Waals surface area contributed by atoms with Crippen molar-refractivity contribution in [3.05, 3.63) is 0 Å². The lowest BCUT2D eigenvalue weighted by Crippen LogP contribution is -2.30. The van der Waals surface area contributed by atoms with E-state index in [0.29, 0.717) is 25.7 Å². The van der Waals surface area contributed by atoms with Crippen LogP contribution in [0.3, 0.4) is 0 Å². The van der Waals surface area contributed by atoms with Crippen LogP contribution in [0.1, 0.15) is 369 Å². The standard InChI is InChI=1S/C71H138O17P2/c1-6-10-13-16-19-22-25-27-28-30-32-35-41-46-51-56-70(75)87-66(60-82-69(74)55-50-45-40-34-31-29-26-23-20-17-14-11-7-2)62-85-89(77,78)83-58-65(72)59-84-90(79,80)86-63-67(61-81-68(73)54-49-44-39-33-24-21-18-15-12-8-3)88-71(76)57-52-47-42-37-36-38-43-48-53-64(5)9-4/h64-67,72H,6-63H2,1-5H3,(H,77,78)(H,79,80)/t64?,65-,66-,67-/m1/s1. The van der Waals surface area contributed by atoms with Gasteiger partial charge < -0.3 is 33.8 Å². The second-order valence-corrected chi connectivity index (χ2v) is 28.8. The lowest BCUT2D eigenvalue weighted by molar-refractivity contribution is -0.161. The van der Waals surface area contributed by atoms with E-state index in [-0.39, 0.29) is 25.7 Å². The molecule has 0 aromatic heterocycles. The Morgan fingerprint density at radius 2 is 0.533 bits per heavy atom. The van der Waals surface area contributed by atoms with Gasteiger partial charge in [-0.25, -0.2) is 9.13 Å². The minimum atomic E-state index is -4.95. The summed E-state index contributed by atoms with van der Waals surface area (Å²) in [6, 6.07) is 0. The number of esters is 4. The Balaban J connectivity index is 5.25. The number of aliphatic hydroxyl groups is 1. The molecule has 0 radical (unpaired) electrons. The summed E-state index contributed by atoms with van der Waals surface area (Å²) in [5.41, 5.74) is 0. The van der Waals surface area contributed by atoms with Gasteiger partial charge in [0.15, 0.2) is 12.2 Å². The van der Waals surface area contributed by atoms with Gasteiger partial charge in [-0.05, 0) is 31.6 Å². The van der Waals surface area contributed by atoms with E-state index in [4.69, 9.17) is 37.0 Å². The molecule has 90 heavy (non-hydrogen) atoms. The fourth-order valence-corrected chi connectivity index (χ4v) is 12.4. The van der Waals surface area contributed by atoms with Crippen LogP contribution in [-0.4, -0.2) is 96.7 Å². The van der Waals surface area contributed by atoms with Crippen LogP contribution in [0.5, 0.6) is 0 Å². The average Bonchev–Trinajstić information content (AvgIpc) is 3.71. The quantitative estimate of drug-likeness (QED) is 0.0222. The lowest BCUT2D eigenvalue weighted by atomic mass is 9.99. The van der Waals surface area contributed by atoms with Crippen molar-refractivity contribution in [2.45, 2.75) is 387 Å². The molecule has 3 N–H and O–H groups in total. The Bertz CT molecular complexity index is 1740. The molecular weight excluding hydrogens is 1190 g/mol. The molecule has 0 spiro atoms. The lowest BCUT2D eigenvalue weighted by Gasteiger charge is -2.21. The molecule has 0 aliphatic carbocycles. The van der Waals surface area contributed by atoms with Crippen LogP contribution in [0.25, 0.3) is 0 Å². The SMILES string of the molecule is CCCCCCCCCCCCCCCCCC(=O)O[C@H](COC(=O)CCCCCCCCCCCCCCC)COP(=O)(O)OC[C@@H](O)COP(=O)(O)OC[C@@H](COC(=O)CCCCCCCCCCCC)OC(=O)CCCCCCCCCCC(C)CC. The van der Waals surface area contributed by atoms with Gasteiger partial charge in [-0.2, -0.15) is 0 Å². The van der Waals surface area contributed by atoms with Crippen molar-refractivity contribution in [1.82, 2.24) is 0 Å². The summed E-state index contributed by atoms with van der Waals surface area (Å²) < 4.78 is 68.3. The van der Waals surface area contributed by atoms with Crippen LogP contribution >= 0.6 is 15.6 Å². The number of phosphoric ester groups is 2. The molecule has 3 unspecified atom stereocenters. The predicted molar refractivity (Wildman–Crippen MR) is 363 cm³/mol. The van der Waals surface area contributed by atoms with E-state index in [0.717, 1.165) is 95.8 Å². The highest BCUT2D eigenvalue weighted by Gasteiger charge is 2.30. The zero-order valence-corrected chi connectivity index (χ0v) is 60.1. The molecule has 0 aromatic carbocycles. The molecule has 6 atom stereocenters. The van der Waals surface area contributed by atoms with Gasteiger partial charge >= 0.3 is 39.5 Å². The average molecular weight is 1330 g/mol. The van der Waals surface area contributed by atoms with Gasteiger partial charge in [-0.15, -0.1) is 0 Å². The van der Waals surface area contributed by atoms with Gasteiger partial charge in [-0.1, -0.05) is 317 Å². The number of carbonyl (C=O) groups excluding carboxylic acids is 4. The number of unbranched alkanes of at least 4 members (excludes halogenated alkanes) is 42. The van der Waals surface area contributed by atoms with Crippen LogP contribution in [-0.2, 0) is 65.4 Å². The van der Waals surface area contributed by atoms with E-state index in [2.05, 4.69) is 34.6 Å². The van der Waals surface area contributed by atoms with Gasteiger partial charge in [-0.3, -0.25) is 37.3 Å². The van der Waals surface area contributed by atoms with Crippen LogP contribution in [0.15, 0.2) is 0 Å². The number of hydrogen-bond acceptors (Lipinski definition) is 15. The molecule has 0 heterocycles. The maximum atomic E-state index is 13.0. The first-order valence-corrected chi connectivity index (χ1v) is 40.2. The normalized spacial score (nSPS) is 14.4. The van der Waals surface area contributed by atoms with E-state index < -0.39 is 97.5 Å². The molecule has 19 heteroatoms. The number of ether oxygens (including phenoxy) is 4. The zero-order chi connectivity index (χ0) is 66.3. The number of hydrogen-bond donors (Lipinski definition) is 3. The Labute approximate surface area is 549 Å². The van der Waals surface area contributed by atoms with Crippen molar-refractivity contribution < 1.29 is 80.2 Å². The minimum absolute atomic E-state index is 0.105. The summed E-state index contributed by atoms with van der Waals surface area (Å²) in [5.74, 6) is -1.35. The van der Waals surface area contributed by atoms with E-state index in [1.54, 1.807) is 0 Å². The molecule has 0 aliphatic heterocycles. The second kappa shape index (κ2) is 64.4. The number of carbonyl (C=O) groups is 4. The third kappa shape index (κ3) is 63.5. The maximum Gasteiger partial charge on any atom is 0.472 e. The summed E-state index contributed by atoms with van der Waals surface area (Å²) in [6.45, 7) is 7.25. The maximum absolute atomic E-state index is 13.0. The molecule has 0 aromatic rings. The highest BCUT2D eigenvalue weighted by atomic mass is 31.2. The summed E-state index contributed by atoms with van der Waals surface area (Å²) in [7, 11) is -9.90. The van der Waals surface area contributed by atoms with Crippen molar-refractivity contribution in [3.8, 4) is 0 Å². The van der Waals surface area contributed by atoms with Crippen molar-refractivity contribution in [2.24, 2.45) is 5.92 Å². The van der Waals surface area contributed by atoms with E-state index in [1.807, 2.05) is 0 Å². The molecular formula is C71H138O17P2. The van der Waals surface area contributed by atoms with Gasteiger partial charge in [0.2, 0.25) is 0 Å². The minimum Gasteiger partial charge on any atom is -0.462 e. The fraction of sp³-hybridized carbons (Fsp3) is 0.944.